The number of anilines is 1. The molecule has 0 aromatic heterocycles. The van der Waals surface area contributed by atoms with Crippen LogP contribution in [-0.2, 0) is 16.6 Å². The molecule has 0 spiro atoms. The highest BCUT2D eigenvalue weighted by atomic mass is 32.2. The van der Waals surface area contributed by atoms with Crippen molar-refractivity contribution in [1.82, 2.24) is 4.31 Å². The van der Waals surface area contributed by atoms with Gasteiger partial charge >= 0.3 is 0 Å². The van der Waals surface area contributed by atoms with Crippen LogP contribution in [0.1, 0.15) is 12.5 Å². The van der Waals surface area contributed by atoms with Crippen molar-refractivity contribution in [2.75, 3.05) is 25.5 Å². The Labute approximate surface area is 155 Å². The predicted molar refractivity (Wildman–Crippen MR) is 108 cm³/mol. The number of hydrogen-bond acceptors (Lipinski definition) is 3. The van der Waals surface area contributed by atoms with Gasteiger partial charge in [0.05, 0.1) is 4.90 Å². The fraction of sp³-hybridized carbons (Fsp3) is 0.238. The number of fused-ring (bicyclic) bond motifs is 1. The Balaban J connectivity index is 2.10. The van der Waals surface area contributed by atoms with E-state index in [1.54, 1.807) is 6.07 Å². The minimum atomic E-state index is -3.60. The second kappa shape index (κ2) is 7.48. The van der Waals surface area contributed by atoms with Crippen molar-refractivity contribution in [3.63, 3.8) is 0 Å². The van der Waals surface area contributed by atoms with E-state index in [0.717, 1.165) is 22.0 Å². The number of rotatable bonds is 6. The molecule has 0 N–H and O–H groups in total. The van der Waals surface area contributed by atoms with Gasteiger partial charge in [0, 0.05) is 43.6 Å². The molecule has 0 saturated carbocycles. The van der Waals surface area contributed by atoms with E-state index >= 15 is 0 Å². The van der Waals surface area contributed by atoms with Crippen molar-refractivity contribution < 1.29 is 8.42 Å². The first-order chi connectivity index (χ1) is 12.4. The molecule has 0 saturated heterocycles. The molecule has 3 aromatic rings. The van der Waals surface area contributed by atoms with Gasteiger partial charge in [-0.1, -0.05) is 61.5 Å². The van der Waals surface area contributed by atoms with E-state index < -0.39 is 10.0 Å². The fourth-order valence-electron chi connectivity index (χ4n) is 3.17. The SMILES string of the molecule is CCN(Cc1ccccc1)S(=O)(=O)c1cccc2c(N(C)C)cccc12. The highest BCUT2D eigenvalue weighted by Crippen LogP contribution is 2.32. The molecule has 0 aliphatic carbocycles. The molecule has 0 heterocycles. The molecule has 26 heavy (non-hydrogen) atoms. The highest BCUT2D eigenvalue weighted by molar-refractivity contribution is 7.89. The molecule has 4 nitrogen and oxygen atoms in total. The van der Waals surface area contributed by atoms with E-state index in [1.807, 2.05) is 86.6 Å². The highest BCUT2D eigenvalue weighted by Gasteiger charge is 2.25. The predicted octanol–water partition coefficient (Wildman–Crippen LogP) is 4.12. The van der Waals surface area contributed by atoms with Gasteiger partial charge in [-0.2, -0.15) is 4.31 Å². The van der Waals surface area contributed by atoms with Gasteiger partial charge in [0.25, 0.3) is 0 Å². The molecule has 136 valence electrons. The summed E-state index contributed by atoms with van der Waals surface area (Å²) in [5, 5.41) is 1.69. The molecule has 0 amide bonds. The molecule has 5 heteroatoms. The second-order valence-electron chi connectivity index (χ2n) is 6.44. The quantitative estimate of drug-likeness (QED) is 0.657. The molecular weight excluding hydrogens is 344 g/mol. The first kappa shape index (κ1) is 18.4. The van der Waals surface area contributed by atoms with Gasteiger partial charge in [-0.05, 0) is 17.7 Å². The van der Waals surface area contributed by atoms with E-state index in [4.69, 9.17) is 0 Å². The van der Waals surface area contributed by atoms with E-state index in [1.165, 1.54) is 4.31 Å². The minimum Gasteiger partial charge on any atom is -0.377 e. The maximum absolute atomic E-state index is 13.4. The zero-order chi connectivity index (χ0) is 18.7. The van der Waals surface area contributed by atoms with Crippen molar-refractivity contribution in [1.29, 1.82) is 0 Å². The summed E-state index contributed by atoms with van der Waals surface area (Å²) >= 11 is 0. The first-order valence-corrected chi connectivity index (χ1v) is 10.1. The standard InChI is InChI=1S/C21H24N2O2S/c1-4-23(16-17-10-6-5-7-11-17)26(24,25)21-15-9-12-18-19(21)13-8-14-20(18)22(2)3/h5-15H,4,16H2,1-3H3. The summed E-state index contributed by atoms with van der Waals surface area (Å²) in [6.07, 6.45) is 0. The van der Waals surface area contributed by atoms with Gasteiger partial charge in [-0.3, -0.25) is 0 Å². The monoisotopic (exact) mass is 368 g/mol. The maximum Gasteiger partial charge on any atom is 0.243 e. The average Bonchev–Trinajstić information content (AvgIpc) is 2.65. The van der Waals surface area contributed by atoms with Crippen molar-refractivity contribution >= 4 is 26.5 Å². The first-order valence-electron chi connectivity index (χ1n) is 8.68. The lowest BCUT2D eigenvalue weighted by Crippen LogP contribution is -2.30. The zero-order valence-electron chi connectivity index (χ0n) is 15.4. The van der Waals surface area contributed by atoms with E-state index in [0.29, 0.717) is 18.0 Å². The molecular formula is C21H24N2O2S. The number of benzene rings is 3. The summed E-state index contributed by atoms with van der Waals surface area (Å²) in [5.74, 6) is 0. The molecule has 3 rings (SSSR count). The van der Waals surface area contributed by atoms with Crippen molar-refractivity contribution in [3.8, 4) is 0 Å². The van der Waals surface area contributed by atoms with Crippen LogP contribution in [-0.4, -0.2) is 33.4 Å². The molecule has 0 atom stereocenters. The van der Waals surface area contributed by atoms with Gasteiger partial charge in [-0.15, -0.1) is 0 Å². The average molecular weight is 369 g/mol. The smallest absolute Gasteiger partial charge is 0.243 e. The van der Waals surface area contributed by atoms with E-state index in [9.17, 15) is 8.42 Å². The lowest BCUT2D eigenvalue weighted by molar-refractivity contribution is 0.424. The van der Waals surface area contributed by atoms with Gasteiger partial charge in [0.15, 0.2) is 0 Å². The molecule has 3 aromatic carbocycles. The van der Waals surface area contributed by atoms with Crippen LogP contribution in [0.15, 0.2) is 71.6 Å². The van der Waals surface area contributed by atoms with Crippen LogP contribution in [0.4, 0.5) is 5.69 Å². The molecule has 0 aliphatic heterocycles. The van der Waals surface area contributed by atoms with Gasteiger partial charge in [0.2, 0.25) is 10.0 Å². The minimum absolute atomic E-state index is 0.358. The summed E-state index contributed by atoms with van der Waals surface area (Å²) in [6.45, 7) is 2.65. The Bertz CT molecular complexity index is 999. The van der Waals surface area contributed by atoms with Crippen molar-refractivity contribution in [2.45, 2.75) is 18.4 Å². The fourth-order valence-corrected chi connectivity index (χ4v) is 4.82. The maximum atomic E-state index is 13.4. The Hall–Kier alpha value is -2.37. The third-order valence-electron chi connectivity index (χ3n) is 4.51. The Morgan fingerprint density at radius 2 is 1.46 bits per heavy atom. The van der Waals surface area contributed by atoms with Crippen LogP contribution in [0.3, 0.4) is 0 Å². The number of sulfonamides is 1. The van der Waals surface area contributed by atoms with Crippen molar-refractivity contribution in [2.24, 2.45) is 0 Å². The summed E-state index contributed by atoms with van der Waals surface area (Å²) < 4.78 is 28.3. The molecule has 0 aliphatic rings. The van der Waals surface area contributed by atoms with Crippen LogP contribution in [0.5, 0.6) is 0 Å². The summed E-state index contributed by atoms with van der Waals surface area (Å²) in [7, 11) is 0.320. The van der Waals surface area contributed by atoms with Crippen LogP contribution >= 0.6 is 0 Å². The van der Waals surface area contributed by atoms with Gasteiger partial charge < -0.3 is 4.90 Å². The Morgan fingerprint density at radius 1 is 0.808 bits per heavy atom. The van der Waals surface area contributed by atoms with E-state index in [-0.39, 0.29) is 0 Å². The third kappa shape index (κ3) is 3.45. The normalized spacial score (nSPS) is 11.8. The summed E-state index contributed by atoms with van der Waals surface area (Å²) in [5.41, 5.74) is 1.98. The van der Waals surface area contributed by atoms with Gasteiger partial charge in [-0.25, -0.2) is 8.42 Å². The Morgan fingerprint density at radius 3 is 2.12 bits per heavy atom. The summed E-state index contributed by atoms with van der Waals surface area (Å²) in [4.78, 5) is 2.36. The van der Waals surface area contributed by atoms with Crippen LogP contribution in [0.2, 0.25) is 0 Å². The van der Waals surface area contributed by atoms with Gasteiger partial charge in [0.1, 0.15) is 0 Å². The molecule has 0 radical (unpaired) electrons. The largest absolute Gasteiger partial charge is 0.377 e. The lowest BCUT2D eigenvalue weighted by Gasteiger charge is -2.22. The topological polar surface area (TPSA) is 40.6 Å². The molecule has 0 unspecified atom stereocenters. The number of hydrogen-bond donors (Lipinski definition) is 0. The van der Waals surface area contributed by atoms with Crippen LogP contribution in [0.25, 0.3) is 10.8 Å². The van der Waals surface area contributed by atoms with Crippen LogP contribution < -0.4 is 4.90 Å². The van der Waals surface area contributed by atoms with Crippen LogP contribution in [0, 0.1) is 0 Å². The summed E-state index contributed by atoms with van der Waals surface area (Å²) in [6, 6.07) is 21.0. The second-order valence-corrected chi connectivity index (χ2v) is 8.35. The van der Waals surface area contributed by atoms with Crippen molar-refractivity contribution in [3.05, 3.63) is 72.3 Å². The molecule has 0 fully saturated rings. The molecule has 0 bridgehead atoms. The number of nitrogens with zero attached hydrogens (tertiary/aromatic N) is 2. The zero-order valence-corrected chi connectivity index (χ0v) is 16.2. The van der Waals surface area contributed by atoms with E-state index in [2.05, 4.69) is 0 Å². The Kier molecular flexibility index (Phi) is 5.30. The third-order valence-corrected chi connectivity index (χ3v) is 6.49. The lowest BCUT2D eigenvalue weighted by atomic mass is 10.1.